The van der Waals surface area contributed by atoms with E-state index in [-0.39, 0.29) is 10.9 Å². The molecule has 0 bridgehead atoms. The van der Waals surface area contributed by atoms with Crippen LogP contribution in [0.15, 0.2) is 11.6 Å². The monoisotopic (exact) mass is 172 g/mol. The Labute approximate surface area is 72.9 Å². The molecule has 1 aliphatic carbocycles. The van der Waals surface area contributed by atoms with E-state index in [9.17, 15) is 5.11 Å². The van der Waals surface area contributed by atoms with E-state index in [1.165, 1.54) is 18.4 Å². The first kappa shape index (κ1) is 9.14. The van der Waals surface area contributed by atoms with Crippen LogP contribution in [-0.4, -0.2) is 22.2 Å². The van der Waals surface area contributed by atoms with Gasteiger partial charge < -0.3 is 5.11 Å². The van der Waals surface area contributed by atoms with Gasteiger partial charge in [0.05, 0.1) is 6.10 Å². The average molecular weight is 172 g/mol. The largest absolute Gasteiger partial charge is 0.388 e. The number of hydrogen-bond donors (Lipinski definition) is 1. The van der Waals surface area contributed by atoms with Crippen molar-refractivity contribution in [3.05, 3.63) is 11.6 Å². The van der Waals surface area contributed by atoms with Crippen LogP contribution >= 0.6 is 11.8 Å². The zero-order valence-electron chi connectivity index (χ0n) is 7.42. The fourth-order valence-corrected chi connectivity index (χ4v) is 2.03. The summed E-state index contributed by atoms with van der Waals surface area (Å²) in [7, 11) is 0. The Hall–Kier alpha value is 0.0500. The van der Waals surface area contributed by atoms with E-state index in [2.05, 4.69) is 6.26 Å². The number of rotatable bonds is 3. The zero-order chi connectivity index (χ0) is 8.48. The van der Waals surface area contributed by atoms with Crippen LogP contribution in [0.3, 0.4) is 0 Å². The van der Waals surface area contributed by atoms with Crippen molar-refractivity contribution in [1.29, 1.82) is 0 Å². The second-order valence-corrected chi connectivity index (χ2v) is 4.68. The Morgan fingerprint density at radius 3 is 2.36 bits per heavy atom. The number of allylic oxidation sites excluding steroid dienone is 1. The van der Waals surface area contributed by atoms with Gasteiger partial charge in [0.25, 0.3) is 0 Å². The molecule has 11 heavy (non-hydrogen) atoms. The topological polar surface area (TPSA) is 20.2 Å². The SMILES string of the molecule is CSC1(C(O)C=C(C)C)CC1. The molecule has 1 saturated carbocycles. The molecule has 0 spiro atoms. The number of thioether (sulfide) groups is 1. The Balaban J connectivity index is 2.54. The second kappa shape index (κ2) is 3.20. The van der Waals surface area contributed by atoms with Crippen molar-refractivity contribution in [3.8, 4) is 0 Å². The van der Waals surface area contributed by atoms with E-state index >= 15 is 0 Å². The lowest BCUT2D eigenvalue weighted by atomic mass is 10.1. The maximum atomic E-state index is 9.71. The Morgan fingerprint density at radius 1 is 1.55 bits per heavy atom. The third-order valence-electron chi connectivity index (χ3n) is 2.18. The van der Waals surface area contributed by atoms with E-state index in [1.807, 2.05) is 19.9 Å². The summed E-state index contributed by atoms with van der Waals surface area (Å²) in [5.41, 5.74) is 1.21. The molecule has 0 aromatic heterocycles. The third kappa shape index (κ3) is 2.00. The lowest BCUT2D eigenvalue weighted by Gasteiger charge is -2.16. The van der Waals surface area contributed by atoms with Gasteiger partial charge in [-0.2, -0.15) is 11.8 Å². The molecule has 0 heterocycles. The molecular formula is C9H16OS. The highest BCUT2D eigenvalue weighted by atomic mass is 32.2. The van der Waals surface area contributed by atoms with Crippen LogP contribution in [0.5, 0.6) is 0 Å². The minimum Gasteiger partial charge on any atom is -0.388 e. The van der Waals surface area contributed by atoms with Gasteiger partial charge in [0.2, 0.25) is 0 Å². The fourth-order valence-electron chi connectivity index (χ4n) is 1.21. The highest BCUT2D eigenvalue weighted by molar-refractivity contribution is 8.00. The second-order valence-electron chi connectivity index (χ2n) is 3.46. The molecule has 1 N–H and O–H groups in total. The summed E-state index contributed by atoms with van der Waals surface area (Å²) in [5.74, 6) is 0. The molecule has 1 rings (SSSR count). The molecule has 1 aliphatic rings. The first-order valence-electron chi connectivity index (χ1n) is 3.99. The first-order valence-corrected chi connectivity index (χ1v) is 5.21. The molecule has 1 atom stereocenters. The lowest BCUT2D eigenvalue weighted by Crippen LogP contribution is -2.22. The van der Waals surface area contributed by atoms with E-state index in [4.69, 9.17) is 0 Å². The molecule has 2 heteroatoms. The van der Waals surface area contributed by atoms with Crippen molar-refractivity contribution in [2.24, 2.45) is 0 Å². The summed E-state index contributed by atoms with van der Waals surface area (Å²) >= 11 is 1.79. The Kier molecular flexibility index (Phi) is 2.66. The van der Waals surface area contributed by atoms with Crippen molar-refractivity contribution in [1.82, 2.24) is 0 Å². The molecule has 0 saturated heterocycles. The fraction of sp³-hybridized carbons (Fsp3) is 0.778. The molecule has 1 unspecified atom stereocenters. The van der Waals surface area contributed by atoms with Crippen LogP contribution in [0.25, 0.3) is 0 Å². The van der Waals surface area contributed by atoms with Crippen LogP contribution in [0.1, 0.15) is 26.7 Å². The van der Waals surface area contributed by atoms with Crippen molar-refractivity contribution in [2.45, 2.75) is 37.5 Å². The summed E-state index contributed by atoms with van der Waals surface area (Å²) in [6, 6.07) is 0. The van der Waals surface area contributed by atoms with Gasteiger partial charge in [0.15, 0.2) is 0 Å². The van der Waals surface area contributed by atoms with E-state index in [0.717, 1.165) is 0 Å². The zero-order valence-corrected chi connectivity index (χ0v) is 8.24. The Bertz CT molecular complexity index is 166. The predicted octanol–water partition coefficient (Wildman–Crippen LogP) is 2.21. The highest BCUT2D eigenvalue weighted by Gasteiger charge is 2.47. The molecule has 0 aliphatic heterocycles. The van der Waals surface area contributed by atoms with Crippen LogP contribution in [0.4, 0.5) is 0 Å². The van der Waals surface area contributed by atoms with Gasteiger partial charge in [-0.1, -0.05) is 11.6 Å². The first-order chi connectivity index (χ1) is 5.10. The van der Waals surface area contributed by atoms with Crippen LogP contribution in [-0.2, 0) is 0 Å². The molecule has 64 valence electrons. The highest BCUT2D eigenvalue weighted by Crippen LogP contribution is 2.50. The van der Waals surface area contributed by atoms with Crippen LogP contribution in [0, 0.1) is 0 Å². The summed E-state index contributed by atoms with van der Waals surface area (Å²) in [4.78, 5) is 0. The molecule has 1 nitrogen and oxygen atoms in total. The predicted molar refractivity (Wildman–Crippen MR) is 50.9 cm³/mol. The number of aliphatic hydroxyl groups excluding tert-OH is 1. The van der Waals surface area contributed by atoms with Crippen molar-refractivity contribution < 1.29 is 5.11 Å². The van der Waals surface area contributed by atoms with Gasteiger partial charge in [0, 0.05) is 4.75 Å². The summed E-state index contributed by atoms with van der Waals surface area (Å²) in [6.07, 6.45) is 6.14. The Morgan fingerprint density at radius 2 is 2.09 bits per heavy atom. The van der Waals surface area contributed by atoms with E-state index < -0.39 is 0 Å². The summed E-state index contributed by atoms with van der Waals surface area (Å²) in [6.45, 7) is 4.05. The van der Waals surface area contributed by atoms with Crippen LogP contribution in [0.2, 0.25) is 0 Å². The lowest BCUT2D eigenvalue weighted by molar-refractivity contribution is 0.212. The average Bonchev–Trinajstić information content (AvgIpc) is 2.65. The van der Waals surface area contributed by atoms with E-state index in [1.54, 1.807) is 11.8 Å². The third-order valence-corrected chi connectivity index (χ3v) is 3.64. The van der Waals surface area contributed by atoms with Crippen molar-refractivity contribution in [3.63, 3.8) is 0 Å². The standard InChI is InChI=1S/C9H16OS/c1-7(2)6-8(10)9(11-3)4-5-9/h6,8,10H,4-5H2,1-3H3. The van der Waals surface area contributed by atoms with Crippen LogP contribution < -0.4 is 0 Å². The van der Waals surface area contributed by atoms with E-state index in [0.29, 0.717) is 0 Å². The van der Waals surface area contributed by atoms with Gasteiger partial charge in [-0.25, -0.2) is 0 Å². The maximum Gasteiger partial charge on any atom is 0.0869 e. The number of hydrogen-bond acceptors (Lipinski definition) is 2. The van der Waals surface area contributed by atoms with Gasteiger partial charge >= 0.3 is 0 Å². The molecule has 0 aromatic carbocycles. The smallest absolute Gasteiger partial charge is 0.0869 e. The van der Waals surface area contributed by atoms with Gasteiger partial charge in [-0.05, 0) is 32.9 Å². The van der Waals surface area contributed by atoms with Crippen molar-refractivity contribution >= 4 is 11.8 Å². The van der Waals surface area contributed by atoms with Crippen molar-refractivity contribution in [2.75, 3.05) is 6.26 Å². The minimum atomic E-state index is -0.234. The van der Waals surface area contributed by atoms with Gasteiger partial charge in [-0.15, -0.1) is 0 Å². The normalized spacial score (nSPS) is 22.5. The summed E-state index contributed by atoms with van der Waals surface area (Å²) in [5, 5.41) is 9.71. The molecule has 1 fully saturated rings. The molecule has 0 radical (unpaired) electrons. The van der Waals surface area contributed by atoms with Gasteiger partial charge in [0.1, 0.15) is 0 Å². The molecular weight excluding hydrogens is 156 g/mol. The molecule has 0 aromatic rings. The quantitative estimate of drug-likeness (QED) is 0.659. The van der Waals surface area contributed by atoms with Gasteiger partial charge in [-0.3, -0.25) is 0 Å². The summed E-state index contributed by atoms with van der Waals surface area (Å²) < 4.78 is 0.178. The number of aliphatic hydroxyl groups is 1. The minimum absolute atomic E-state index is 0.178. The molecule has 0 amide bonds. The maximum absolute atomic E-state index is 9.71.